The molecule has 160 valence electrons. The van der Waals surface area contributed by atoms with Crippen molar-refractivity contribution >= 4 is 33.0 Å². The minimum absolute atomic E-state index is 0.0906. The Morgan fingerprint density at radius 3 is 2.52 bits per heavy atom. The molecule has 1 aromatic carbocycles. The molecular weight excluding hydrogens is 435 g/mol. The number of ether oxygens (including phenoxy) is 2. The summed E-state index contributed by atoms with van der Waals surface area (Å²) in [6.45, 7) is 14.6. The van der Waals surface area contributed by atoms with Crippen molar-refractivity contribution in [2.75, 3.05) is 13.2 Å². The Morgan fingerprint density at radius 2 is 1.97 bits per heavy atom. The van der Waals surface area contributed by atoms with Gasteiger partial charge in [0.05, 0.1) is 17.7 Å². The van der Waals surface area contributed by atoms with Crippen LogP contribution in [-0.2, 0) is 14.9 Å². The highest BCUT2D eigenvalue weighted by atomic mass is 79.9. The van der Waals surface area contributed by atoms with Crippen LogP contribution >= 0.6 is 15.9 Å². The summed E-state index contributed by atoms with van der Waals surface area (Å²) in [5, 5.41) is 0. The minimum atomic E-state index is -0.944. The molecule has 0 fully saturated rings. The lowest BCUT2D eigenvalue weighted by molar-refractivity contribution is -0.140. The summed E-state index contributed by atoms with van der Waals surface area (Å²) in [5.41, 5.74) is 4.20. The lowest BCUT2D eigenvalue weighted by atomic mass is 9.70. The second-order valence-electron chi connectivity index (χ2n) is 8.40. The van der Waals surface area contributed by atoms with Crippen LogP contribution in [0.4, 0.5) is 4.39 Å². The first-order chi connectivity index (χ1) is 13.6. The topological polar surface area (TPSA) is 35.5 Å². The quantitative estimate of drug-likeness (QED) is 0.314. The smallest absolute Gasteiger partial charge is 0.367 e. The summed E-state index contributed by atoms with van der Waals surface area (Å²) in [5.74, 6) is -0.919. The average Bonchev–Trinajstić information content (AvgIpc) is 2.65. The molecule has 0 saturated carbocycles. The van der Waals surface area contributed by atoms with E-state index in [0.717, 1.165) is 22.9 Å². The van der Waals surface area contributed by atoms with Gasteiger partial charge in [-0.05, 0) is 76.7 Å². The van der Waals surface area contributed by atoms with Gasteiger partial charge >= 0.3 is 5.97 Å². The highest BCUT2D eigenvalue weighted by molar-refractivity contribution is 9.10. The number of halogens is 2. The summed E-state index contributed by atoms with van der Waals surface area (Å²) in [7, 11) is 0. The van der Waals surface area contributed by atoms with E-state index in [0.29, 0.717) is 23.8 Å². The second kappa shape index (κ2) is 9.46. The molecule has 0 heterocycles. The van der Waals surface area contributed by atoms with E-state index in [4.69, 9.17) is 9.47 Å². The summed E-state index contributed by atoms with van der Waals surface area (Å²) < 4.78 is 26.6. The lowest BCUT2D eigenvalue weighted by Crippen LogP contribution is -2.24. The van der Waals surface area contributed by atoms with Gasteiger partial charge in [-0.25, -0.2) is 4.79 Å². The predicted octanol–water partition coefficient (Wildman–Crippen LogP) is 7.22. The van der Waals surface area contributed by atoms with Crippen LogP contribution in [0.15, 0.2) is 22.4 Å². The lowest BCUT2D eigenvalue weighted by Gasteiger charge is -2.36. The Kier molecular flexibility index (Phi) is 7.72. The van der Waals surface area contributed by atoms with Gasteiger partial charge in [0, 0.05) is 11.1 Å². The molecule has 0 radical (unpaired) electrons. The predicted molar refractivity (Wildman–Crippen MR) is 121 cm³/mol. The number of hydrogen-bond acceptors (Lipinski definition) is 3. The number of rotatable bonds is 7. The maximum Gasteiger partial charge on any atom is 0.367 e. The zero-order valence-electron chi connectivity index (χ0n) is 18.5. The first kappa shape index (κ1) is 23.7. The summed E-state index contributed by atoms with van der Waals surface area (Å²) >= 11 is 3.77. The fourth-order valence-corrected chi connectivity index (χ4v) is 4.81. The van der Waals surface area contributed by atoms with Crippen LogP contribution in [0, 0.1) is 5.92 Å². The first-order valence-electron chi connectivity index (χ1n) is 10.3. The SMILES string of the molecule is CCCOc1c(/C(C)=C(/F)C(=O)OCC)cc2c(c1Br)C(C)(C)CC=C2C(C)C. The van der Waals surface area contributed by atoms with Gasteiger partial charge in [-0.15, -0.1) is 0 Å². The molecule has 0 aliphatic heterocycles. The van der Waals surface area contributed by atoms with E-state index in [2.05, 4.69) is 49.7 Å². The van der Waals surface area contributed by atoms with Gasteiger partial charge in [-0.2, -0.15) is 4.39 Å². The van der Waals surface area contributed by atoms with Crippen LogP contribution in [-0.4, -0.2) is 19.2 Å². The third-order valence-corrected chi connectivity index (χ3v) is 6.06. The van der Waals surface area contributed by atoms with Crippen molar-refractivity contribution in [1.29, 1.82) is 0 Å². The number of benzene rings is 1. The molecule has 0 bridgehead atoms. The van der Waals surface area contributed by atoms with Gasteiger partial charge in [0.15, 0.2) is 0 Å². The Morgan fingerprint density at radius 1 is 1.31 bits per heavy atom. The maximum absolute atomic E-state index is 14.9. The van der Waals surface area contributed by atoms with Gasteiger partial charge in [0.25, 0.3) is 0 Å². The van der Waals surface area contributed by atoms with Crippen molar-refractivity contribution in [3.63, 3.8) is 0 Å². The maximum atomic E-state index is 14.9. The molecule has 3 nitrogen and oxygen atoms in total. The van der Waals surface area contributed by atoms with Crippen molar-refractivity contribution in [1.82, 2.24) is 0 Å². The van der Waals surface area contributed by atoms with Crippen molar-refractivity contribution < 1.29 is 18.7 Å². The molecule has 0 amide bonds. The summed E-state index contributed by atoms with van der Waals surface area (Å²) in [6, 6.07) is 1.98. The van der Waals surface area contributed by atoms with E-state index in [1.807, 2.05) is 13.0 Å². The molecule has 0 spiro atoms. The second-order valence-corrected chi connectivity index (χ2v) is 9.19. The normalized spacial score (nSPS) is 16.1. The highest BCUT2D eigenvalue weighted by Crippen LogP contribution is 2.50. The molecule has 0 unspecified atom stereocenters. The fraction of sp³-hybridized carbons (Fsp3) is 0.542. The monoisotopic (exact) mass is 466 g/mol. The molecule has 1 aliphatic carbocycles. The van der Waals surface area contributed by atoms with Gasteiger partial charge in [-0.1, -0.05) is 40.7 Å². The molecule has 5 heteroatoms. The number of carbonyl (C=O) groups is 1. The molecule has 2 rings (SSSR count). The first-order valence-corrected chi connectivity index (χ1v) is 11.1. The zero-order valence-corrected chi connectivity index (χ0v) is 20.1. The molecule has 1 aromatic rings. The van der Waals surface area contributed by atoms with Crippen LogP contribution in [0.25, 0.3) is 11.1 Å². The van der Waals surface area contributed by atoms with Crippen molar-refractivity contribution in [3.05, 3.63) is 39.1 Å². The third-order valence-electron chi connectivity index (χ3n) is 5.30. The molecule has 0 atom stereocenters. The Labute approximate surface area is 182 Å². The van der Waals surface area contributed by atoms with Crippen LogP contribution in [0.3, 0.4) is 0 Å². The van der Waals surface area contributed by atoms with Gasteiger partial charge in [-0.3, -0.25) is 0 Å². The minimum Gasteiger partial charge on any atom is -0.492 e. The Hall–Kier alpha value is -1.62. The van der Waals surface area contributed by atoms with Crippen molar-refractivity contribution in [2.45, 2.75) is 66.7 Å². The Balaban J connectivity index is 2.82. The van der Waals surface area contributed by atoms with Crippen LogP contribution in [0.1, 0.15) is 78.0 Å². The number of hydrogen-bond donors (Lipinski definition) is 0. The largest absolute Gasteiger partial charge is 0.492 e. The van der Waals surface area contributed by atoms with Crippen LogP contribution < -0.4 is 4.74 Å². The van der Waals surface area contributed by atoms with E-state index >= 15 is 0 Å². The average molecular weight is 467 g/mol. The molecular formula is C24H32BrFO3. The molecule has 0 aromatic heterocycles. The molecule has 1 aliphatic rings. The van der Waals surface area contributed by atoms with Gasteiger partial charge in [0.2, 0.25) is 5.83 Å². The van der Waals surface area contributed by atoms with Crippen LogP contribution in [0.2, 0.25) is 0 Å². The number of fused-ring (bicyclic) bond motifs is 1. The van der Waals surface area contributed by atoms with Gasteiger partial charge < -0.3 is 9.47 Å². The van der Waals surface area contributed by atoms with Gasteiger partial charge in [0.1, 0.15) is 5.75 Å². The molecule has 29 heavy (non-hydrogen) atoms. The fourth-order valence-electron chi connectivity index (χ4n) is 3.73. The van der Waals surface area contributed by atoms with E-state index in [9.17, 15) is 9.18 Å². The summed E-state index contributed by atoms with van der Waals surface area (Å²) in [6.07, 6.45) is 4.02. The number of carbonyl (C=O) groups excluding carboxylic acids is 1. The standard InChI is InChI=1S/C24H32BrFO3/c1-8-12-29-22-17(15(5)21(26)23(27)28-9-2)13-18-16(14(3)4)10-11-24(6,7)19(18)20(22)25/h10,13-14H,8-9,11-12H2,1-7H3/b21-15+. The van der Waals surface area contributed by atoms with E-state index < -0.39 is 11.8 Å². The molecule has 0 saturated heterocycles. The van der Waals surface area contributed by atoms with Crippen molar-refractivity contribution in [2.24, 2.45) is 5.92 Å². The van der Waals surface area contributed by atoms with E-state index in [1.54, 1.807) is 13.8 Å². The van der Waals surface area contributed by atoms with E-state index in [-0.39, 0.29) is 17.6 Å². The Bertz CT molecular complexity index is 850. The van der Waals surface area contributed by atoms with Crippen molar-refractivity contribution in [3.8, 4) is 5.75 Å². The number of allylic oxidation sites excluding steroid dienone is 3. The third kappa shape index (κ3) is 4.76. The number of esters is 1. The highest BCUT2D eigenvalue weighted by Gasteiger charge is 2.34. The van der Waals surface area contributed by atoms with Crippen LogP contribution in [0.5, 0.6) is 5.75 Å². The summed E-state index contributed by atoms with van der Waals surface area (Å²) in [4.78, 5) is 12.0. The molecule has 0 N–H and O–H groups in total. The van der Waals surface area contributed by atoms with E-state index in [1.165, 1.54) is 11.1 Å². The zero-order chi connectivity index (χ0) is 21.9.